The van der Waals surface area contributed by atoms with E-state index in [1.165, 1.54) is 7.11 Å². The molecule has 4 saturated carbocycles. The molecule has 0 aromatic rings. The van der Waals surface area contributed by atoms with Crippen LogP contribution in [0, 0.1) is 50.2 Å². The van der Waals surface area contributed by atoms with Crippen molar-refractivity contribution in [3.05, 3.63) is 23.6 Å². The Morgan fingerprint density at radius 3 is 2.34 bits per heavy atom. The van der Waals surface area contributed by atoms with Crippen molar-refractivity contribution in [3.8, 4) is 0 Å². The van der Waals surface area contributed by atoms with E-state index in [-0.39, 0.29) is 70.1 Å². The van der Waals surface area contributed by atoms with Crippen molar-refractivity contribution < 1.29 is 28.6 Å². The molecule has 0 aromatic heterocycles. The maximum Gasteiger partial charge on any atom is 0.312 e. The Balaban J connectivity index is 1.68. The number of esters is 1. The summed E-state index contributed by atoms with van der Waals surface area (Å²) in [6.45, 7) is 12.5. The van der Waals surface area contributed by atoms with Crippen LogP contribution in [0.25, 0.3) is 0 Å². The van der Waals surface area contributed by atoms with E-state index in [1.807, 2.05) is 6.08 Å². The number of carbonyl (C=O) groups excluding carboxylic acids is 3. The van der Waals surface area contributed by atoms with Crippen molar-refractivity contribution in [2.45, 2.75) is 92.9 Å². The lowest BCUT2D eigenvalue weighted by Crippen LogP contribution is -2.66. The number of hydrogen-bond donors (Lipinski definition) is 1. The minimum atomic E-state index is -1.09. The Morgan fingerprint density at radius 1 is 1.08 bits per heavy atom. The van der Waals surface area contributed by atoms with E-state index in [9.17, 15) is 23.9 Å². The Morgan fingerprint density at radius 2 is 1.74 bits per heavy atom. The Bertz CT molecular complexity index is 1150. The zero-order valence-electron chi connectivity index (χ0n) is 24.2. The molecule has 5 aliphatic rings. The molecule has 210 valence electrons. The molecule has 1 N–H and O–H groups in total. The third-order valence-corrected chi connectivity index (χ3v) is 12.9. The molecule has 0 amide bonds. The molecule has 0 aromatic carbocycles. The number of ketones is 2. The fraction of sp³-hybridized carbons (Fsp3) is 0.781. The Hall–Kier alpha value is -1.82. The molecule has 8 atom stereocenters. The van der Waals surface area contributed by atoms with Crippen LogP contribution >= 0.6 is 0 Å². The van der Waals surface area contributed by atoms with Gasteiger partial charge in [0.2, 0.25) is 0 Å². The first-order valence-corrected chi connectivity index (χ1v) is 14.4. The largest absolute Gasteiger partial charge is 0.469 e. The van der Waals surface area contributed by atoms with E-state index >= 15 is 0 Å². The van der Waals surface area contributed by atoms with Gasteiger partial charge in [-0.15, -0.1) is 0 Å². The number of carbonyl (C=O) groups is 3. The lowest BCUT2D eigenvalue weighted by molar-refractivity contribution is -0.192. The van der Waals surface area contributed by atoms with Crippen molar-refractivity contribution in [2.24, 2.45) is 50.2 Å². The van der Waals surface area contributed by atoms with Gasteiger partial charge in [0.25, 0.3) is 0 Å². The Kier molecular flexibility index (Phi) is 6.09. The highest BCUT2D eigenvalue weighted by Gasteiger charge is 2.71. The minimum absolute atomic E-state index is 0.0305. The molecule has 0 spiro atoms. The van der Waals surface area contributed by atoms with Gasteiger partial charge in [0.05, 0.1) is 30.9 Å². The Labute approximate surface area is 226 Å². The first kappa shape index (κ1) is 27.7. The standard InChI is InChI=1S/C32H45FO5/c1-27(2)10-12-32(26(37)38-7)13-11-31(6)24(20(32)16-27)21(35)14-23-28(3)15-19(17-33)25(36)29(4,18-34)22(28)8-9-30(23,31)5/h14,17,20,22,24,34H,8-13,15-16,18H2,1-7H3. The smallest absolute Gasteiger partial charge is 0.312 e. The summed E-state index contributed by atoms with van der Waals surface area (Å²) in [7, 11) is 1.46. The van der Waals surface area contributed by atoms with Gasteiger partial charge in [-0.05, 0) is 97.9 Å². The molecule has 0 heterocycles. The molecule has 5 nitrogen and oxygen atoms in total. The van der Waals surface area contributed by atoms with E-state index < -0.39 is 16.2 Å². The summed E-state index contributed by atoms with van der Waals surface area (Å²) < 4.78 is 19.5. The molecule has 8 unspecified atom stereocenters. The van der Waals surface area contributed by atoms with Crippen molar-refractivity contribution in [3.63, 3.8) is 0 Å². The lowest BCUT2D eigenvalue weighted by Gasteiger charge is -2.69. The highest BCUT2D eigenvalue weighted by atomic mass is 19.1. The van der Waals surface area contributed by atoms with Gasteiger partial charge >= 0.3 is 5.97 Å². The third-order valence-electron chi connectivity index (χ3n) is 12.9. The topological polar surface area (TPSA) is 80.7 Å². The number of methoxy groups -OCH3 is 1. The van der Waals surface area contributed by atoms with Crippen LogP contribution in [0.1, 0.15) is 92.9 Å². The van der Waals surface area contributed by atoms with E-state index in [0.717, 1.165) is 44.1 Å². The van der Waals surface area contributed by atoms with Crippen LogP contribution in [-0.4, -0.2) is 36.4 Å². The van der Waals surface area contributed by atoms with Crippen molar-refractivity contribution in [2.75, 3.05) is 13.7 Å². The van der Waals surface area contributed by atoms with Gasteiger partial charge in [-0.1, -0.05) is 40.2 Å². The van der Waals surface area contributed by atoms with Gasteiger partial charge < -0.3 is 9.84 Å². The SMILES string of the molecule is COC(=O)C12CCC(C)(C)CC1C1C(=O)C=C3C4(C)CC(=CF)C(=O)C(C)(CO)C4CCC3(C)C1(C)CC2. The van der Waals surface area contributed by atoms with Gasteiger partial charge in [0, 0.05) is 11.5 Å². The number of halogens is 1. The monoisotopic (exact) mass is 528 g/mol. The normalized spacial score (nSPS) is 48.8. The second-order valence-corrected chi connectivity index (χ2v) is 15.0. The van der Waals surface area contributed by atoms with Crippen LogP contribution in [0.15, 0.2) is 23.6 Å². The van der Waals surface area contributed by atoms with E-state index in [1.54, 1.807) is 6.92 Å². The molecule has 0 aliphatic heterocycles. The second kappa shape index (κ2) is 8.34. The summed E-state index contributed by atoms with van der Waals surface area (Å²) in [4.78, 5) is 41.0. The number of fused-ring (bicyclic) bond motifs is 7. The molecular formula is C32H45FO5. The molecule has 0 saturated heterocycles. The van der Waals surface area contributed by atoms with Crippen LogP contribution in [0.3, 0.4) is 0 Å². The summed E-state index contributed by atoms with van der Waals surface area (Å²) in [5.74, 6) is -1.01. The van der Waals surface area contributed by atoms with E-state index in [4.69, 9.17) is 4.74 Å². The number of allylic oxidation sites excluding steroid dienone is 3. The number of rotatable bonds is 2. The highest BCUT2D eigenvalue weighted by Crippen LogP contribution is 2.75. The molecule has 0 bridgehead atoms. The molecule has 4 fully saturated rings. The summed E-state index contributed by atoms with van der Waals surface area (Å²) in [5.41, 5.74) is -1.93. The van der Waals surface area contributed by atoms with Gasteiger partial charge in [-0.3, -0.25) is 14.4 Å². The van der Waals surface area contributed by atoms with Crippen molar-refractivity contribution in [1.29, 1.82) is 0 Å². The predicted molar refractivity (Wildman–Crippen MR) is 142 cm³/mol. The maximum absolute atomic E-state index is 14.4. The number of aliphatic hydroxyl groups excluding tert-OH is 1. The molecule has 5 aliphatic carbocycles. The van der Waals surface area contributed by atoms with E-state index in [2.05, 4.69) is 34.6 Å². The predicted octanol–water partition coefficient (Wildman–Crippen LogP) is 6.14. The van der Waals surface area contributed by atoms with E-state index in [0.29, 0.717) is 12.8 Å². The molecule has 0 radical (unpaired) electrons. The molecular weight excluding hydrogens is 483 g/mol. The average Bonchev–Trinajstić information content (AvgIpc) is 2.86. The number of Topliss-reactive ketones (excluding diaryl/α,β-unsaturated/α-hetero) is 1. The van der Waals surface area contributed by atoms with Crippen LogP contribution < -0.4 is 0 Å². The number of aliphatic hydroxyl groups is 1. The van der Waals surface area contributed by atoms with Crippen molar-refractivity contribution in [1.82, 2.24) is 0 Å². The first-order chi connectivity index (χ1) is 17.6. The summed E-state index contributed by atoms with van der Waals surface area (Å²) >= 11 is 0. The average molecular weight is 529 g/mol. The quantitative estimate of drug-likeness (QED) is 0.344. The minimum Gasteiger partial charge on any atom is -0.469 e. The lowest BCUT2D eigenvalue weighted by atomic mass is 9.33. The summed E-state index contributed by atoms with van der Waals surface area (Å²) in [6.07, 6.45) is 7.91. The second-order valence-electron chi connectivity index (χ2n) is 15.0. The maximum atomic E-state index is 14.4. The van der Waals surface area contributed by atoms with Gasteiger partial charge in [-0.25, -0.2) is 4.39 Å². The molecule has 38 heavy (non-hydrogen) atoms. The van der Waals surface area contributed by atoms with Crippen LogP contribution in [0.5, 0.6) is 0 Å². The third kappa shape index (κ3) is 3.22. The van der Waals surface area contributed by atoms with Gasteiger partial charge in [-0.2, -0.15) is 0 Å². The van der Waals surface area contributed by atoms with Gasteiger partial charge in [0.15, 0.2) is 11.6 Å². The zero-order chi connectivity index (χ0) is 28.1. The molecule has 5 rings (SSSR count). The van der Waals surface area contributed by atoms with Crippen LogP contribution in [0.4, 0.5) is 4.39 Å². The van der Waals surface area contributed by atoms with Crippen LogP contribution in [-0.2, 0) is 19.1 Å². The van der Waals surface area contributed by atoms with Crippen molar-refractivity contribution >= 4 is 17.5 Å². The molecule has 6 heteroatoms. The zero-order valence-corrected chi connectivity index (χ0v) is 24.2. The highest BCUT2D eigenvalue weighted by molar-refractivity contribution is 6.02. The fourth-order valence-electron chi connectivity index (χ4n) is 10.5. The number of hydrogen-bond acceptors (Lipinski definition) is 5. The number of ether oxygens (including phenoxy) is 1. The van der Waals surface area contributed by atoms with Crippen LogP contribution in [0.2, 0.25) is 0 Å². The first-order valence-electron chi connectivity index (χ1n) is 14.4. The summed E-state index contributed by atoms with van der Waals surface area (Å²) in [5, 5.41) is 10.4. The fourth-order valence-corrected chi connectivity index (χ4v) is 10.5. The summed E-state index contributed by atoms with van der Waals surface area (Å²) in [6, 6.07) is 0. The van der Waals surface area contributed by atoms with Gasteiger partial charge in [0.1, 0.15) is 0 Å².